The maximum atomic E-state index is 14.9. The molecule has 8 heteroatoms. The molecule has 2 rings (SSSR count). The summed E-state index contributed by atoms with van der Waals surface area (Å²) in [6.07, 6.45) is -1.65. The van der Waals surface area contributed by atoms with Crippen LogP contribution in [0.5, 0.6) is 0 Å². The summed E-state index contributed by atoms with van der Waals surface area (Å²) < 4.78 is 20.7. The van der Waals surface area contributed by atoms with Crippen LogP contribution in [0.1, 0.15) is 25.6 Å². The fraction of sp³-hybridized carbons (Fsp3) is 0.667. The van der Waals surface area contributed by atoms with Crippen molar-refractivity contribution in [2.24, 2.45) is 0 Å². The first-order valence-corrected chi connectivity index (χ1v) is 6.13. The van der Waals surface area contributed by atoms with Crippen LogP contribution in [0, 0.1) is 6.92 Å². The second-order valence-corrected chi connectivity index (χ2v) is 5.33. The summed E-state index contributed by atoms with van der Waals surface area (Å²) in [5.41, 5.74) is -5.82. The Morgan fingerprint density at radius 2 is 2.10 bits per heavy atom. The van der Waals surface area contributed by atoms with Crippen LogP contribution in [0.25, 0.3) is 0 Å². The number of hydrogen-bond acceptors (Lipinski definition) is 5. The molecule has 0 spiro atoms. The average molecular weight is 288 g/mol. The highest BCUT2D eigenvalue weighted by molar-refractivity contribution is 5.11. The molecule has 1 aromatic rings. The molecule has 1 aliphatic rings. The zero-order valence-electron chi connectivity index (χ0n) is 11.4. The molecule has 0 amide bonds. The van der Waals surface area contributed by atoms with Crippen molar-refractivity contribution in [2.75, 3.05) is 6.61 Å². The van der Waals surface area contributed by atoms with E-state index in [2.05, 4.69) is 4.98 Å². The molecule has 2 heterocycles. The van der Waals surface area contributed by atoms with E-state index in [1.54, 1.807) is 0 Å². The summed E-state index contributed by atoms with van der Waals surface area (Å²) in [5.74, 6) is 0. The topological polar surface area (TPSA) is 105 Å². The average Bonchev–Trinajstić information content (AvgIpc) is 2.53. The van der Waals surface area contributed by atoms with Gasteiger partial charge in [-0.25, -0.2) is 13.8 Å². The number of aliphatic hydroxyl groups excluding tert-OH is 1. The summed E-state index contributed by atoms with van der Waals surface area (Å²) in [6.45, 7) is 3.01. The number of rotatable bonds is 2. The fourth-order valence-electron chi connectivity index (χ4n) is 2.30. The molecule has 0 saturated carbocycles. The number of nitrogens with one attached hydrogen (secondary N) is 1. The summed E-state index contributed by atoms with van der Waals surface area (Å²) >= 11 is 0. The van der Waals surface area contributed by atoms with Crippen molar-refractivity contribution in [3.05, 3.63) is 32.6 Å². The number of nitrogens with zero attached hydrogens (tertiary/aromatic N) is 1. The van der Waals surface area contributed by atoms with Crippen LogP contribution < -0.4 is 11.2 Å². The van der Waals surface area contributed by atoms with Crippen LogP contribution in [0.3, 0.4) is 0 Å². The minimum atomic E-state index is -2.43. The van der Waals surface area contributed by atoms with Gasteiger partial charge in [0.05, 0.1) is 6.61 Å². The number of aromatic nitrogens is 2. The Balaban J connectivity index is 2.64. The zero-order valence-corrected chi connectivity index (χ0v) is 11.4. The van der Waals surface area contributed by atoms with E-state index in [0.717, 1.165) is 13.8 Å². The minimum Gasteiger partial charge on any atom is -0.394 e. The van der Waals surface area contributed by atoms with Crippen molar-refractivity contribution in [3.8, 4) is 0 Å². The van der Waals surface area contributed by atoms with E-state index in [4.69, 9.17) is 9.84 Å². The Hall–Kier alpha value is -1.51. The summed E-state index contributed by atoms with van der Waals surface area (Å²) in [6, 6.07) is 0. The number of aliphatic hydroxyl groups is 2. The van der Waals surface area contributed by atoms with Crippen molar-refractivity contribution in [1.29, 1.82) is 0 Å². The van der Waals surface area contributed by atoms with Gasteiger partial charge in [-0.15, -0.1) is 0 Å². The molecule has 20 heavy (non-hydrogen) atoms. The molecule has 0 aromatic carbocycles. The van der Waals surface area contributed by atoms with Gasteiger partial charge in [-0.05, 0) is 20.8 Å². The molecule has 1 aliphatic heterocycles. The van der Waals surface area contributed by atoms with Crippen molar-refractivity contribution >= 4 is 0 Å². The van der Waals surface area contributed by atoms with Gasteiger partial charge in [0.25, 0.3) is 5.56 Å². The number of aromatic amines is 1. The van der Waals surface area contributed by atoms with Gasteiger partial charge >= 0.3 is 5.69 Å². The lowest BCUT2D eigenvalue weighted by atomic mass is 9.85. The number of aryl methyl sites for hydroxylation is 1. The van der Waals surface area contributed by atoms with Crippen LogP contribution in [0.4, 0.5) is 4.39 Å². The molecule has 0 unspecified atom stereocenters. The highest BCUT2D eigenvalue weighted by Gasteiger charge is 2.63. The van der Waals surface area contributed by atoms with Gasteiger partial charge in [0.2, 0.25) is 0 Å². The molecule has 7 nitrogen and oxygen atoms in total. The van der Waals surface area contributed by atoms with Crippen LogP contribution in [-0.2, 0) is 4.74 Å². The summed E-state index contributed by atoms with van der Waals surface area (Å²) in [5, 5.41) is 19.3. The van der Waals surface area contributed by atoms with Crippen molar-refractivity contribution in [1.82, 2.24) is 9.55 Å². The Morgan fingerprint density at radius 1 is 1.50 bits per heavy atom. The highest BCUT2D eigenvalue weighted by atomic mass is 19.1. The lowest BCUT2D eigenvalue weighted by molar-refractivity contribution is -0.0892. The van der Waals surface area contributed by atoms with Crippen LogP contribution in [0.15, 0.2) is 15.8 Å². The second-order valence-electron chi connectivity index (χ2n) is 5.33. The smallest absolute Gasteiger partial charge is 0.330 e. The normalized spacial score (nSPS) is 37.3. The third-order valence-corrected chi connectivity index (χ3v) is 3.96. The van der Waals surface area contributed by atoms with Crippen LogP contribution in [0.2, 0.25) is 0 Å². The number of ether oxygens (including phenoxy) is 1. The van der Waals surface area contributed by atoms with Gasteiger partial charge in [-0.1, -0.05) is 0 Å². The van der Waals surface area contributed by atoms with E-state index in [9.17, 15) is 19.1 Å². The van der Waals surface area contributed by atoms with E-state index in [-0.39, 0.29) is 5.56 Å². The van der Waals surface area contributed by atoms with Gasteiger partial charge in [0, 0.05) is 11.8 Å². The van der Waals surface area contributed by atoms with Gasteiger partial charge < -0.3 is 19.9 Å². The summed E-state index contributed by atoms with van der Waals surface area (Å²) in [7, 11) is 0. The molecule has 0 bridgehead atoms. The predicted octanol–water partition coefficient (Wildman–Crippen LogP) is -0.786. The molecular formula is C12H17FN2O5. The Labute approximate surface area is 113 Å². The van der Waals surface area contributed by atoms with Crippen LogP contribution >= 0.6 is 0 Å². The first kappa shape index (κ1) is 14.9. The van der Waals surface area contributed by atoms with E-state index in [1.807, 2.05) is 0 Å². The lowest BCUT2D eigenvalue weighted by Gasteiger charge is -2.32. The first-order chi connectivity index (χ1) is 9.14. The molecule has 1 fully saturated rings. The fourth-order valence-corrected chi connectivity index (χ4v) is 2.30. The Morgan fingerprint density at radius 3 is 2.60 bits per heavy atom. The van der Waals surface area contributed by atoms with Crippen molar-refractivity contribution < 1.29 is 19.3 Å². The van der Waals surface area contributed by atoms with E-state index < -0.39 is 41.5 Å². The van der Waals surface area contributed by atoms with Crippen molar-refractivity contribution in [3.63, 3.8) is 0 Å². The SMILES string of the molecule is Cc1c[nH]c(=O)n([C@@H]2O[C@@H](CO)[C@@](C)(O)[C@]2(C)F)c1=O. The Kier molecular flexibility index (Phi) is 3.35. The second kappa shape index (κ2) is 4.51. The van der Waals surface area contributed by atoms with E-state index in [1.165, 1.54) is 13.1 Å². The molecule has 112 valence electrons. The number of halogens is 1. The Bertz CT molecular complexity index is 633. The number of H-pyrrole nitrogens is 1. The predicted molar refractivity (Wildman–Crippen MR) is 67.2 cm³/mol. The molecule has 4 atom stereocenters. The maximum Gasteiger partial charge on any atom is 0.330 e. The maximum absolute atomic E-state index is 14.9. The van der Waals surface area contributed by atoms with Crippen molar-refractivity contribution in [2.45, 2.75) is 44.4 Å². The molecule has 0 radical (unpaired) electrons. The molecule has 0 aliphatic carbocycles. The van der Waals surface area contributed by atoms with Gasteiger partial charge in [-0.3, -0.25) is 4.79 Å². The monoisotopic (exact) mass is 288 g/mol. The molecule has 3 N–H and O–H groups in total. The van der Waals surface area contributed by atoms with Gasteiger partial charge in [0.15, 0.2) is 11.9 Å². The van der Waals surface area contributed by atoms with Crippen LogP contribution in [-0.4, -0.2) is 43.7 Å². The standard InChI is InChI=1S/C12H17FN2O5/c1-6-4-14-10(18)15(8(6)17)9-11(2,13)12(3,19)7(5-16)20-9/h4,7,9,16,19H,5H2,1-3H3,(H,14,18)/t7-,9+,11+,12+/m0/s1. The molecule has 1 saturated heterocycles. The van der Waals surface area contributed by atoms with E-state index >= 15 is 0 Å². The van der Waals surface area contributed by atoms with E-state index in [0.29, 0.717) is 4.57 Å². The molecular weight excluding hydrogens is 271 g/mol. The largest absolute Gasteiger partial charge is 0.394 e. The van der Waals surface area contributed by atoms with Gasteiger partial charge in [0.1, 0.15) is 11.7 Å². The first-order valence-electron chi connectivity index (χ1n) is 6.13. The third-order valence-electron chi connectivity index (χ3n) is 3.96. The highest BCUT2D eigenvalue weighted by Crippen LogP contribution is 2.46. The zero-order chi connectivity index (χ0) is 15.3. The number of alkyl halides is 1. The minimum absolute atomic E-state index is 0.205. The summed E-state index contributed by atoms with van der Waals surface area (Å²) in [4.78, 5) is 26.1. The van der Waals surface area contributed by atoms with Gasteiger partial charge in [-0.2, -0.15) is 0 Å². The number of hydrogen-bond donors (Lipinski definition) is 3. The lowest BCUT2D eigenvalue weighted by Crippen LogP contribution is -2.54. The quantitative estimate of drug-likeness (QED) is 0.662. The molecule has 1 aromatic heterocycles. The third kappa shape index (κ3) is 1.83.